The molecule has 0 bridgehead atoms. The summed E-state index contributed by atoms with van der Waals surface area (Å²) >= 11 is 0. The van der Waals surface area contributed by atoms with E-state index in [0.717, 1.165) is 29.6 Å². The van der Waals surface area contributed by atoms with Crippen molar-refractivity contribution in [3.05, 3.63) is 66.1 Å². The third-order valence-electron chi connectivity index (χ3n) is 5.69. The molecule has 0 unspecified atom stereocenters. The summed E-state index contributed by atoms with van der Waals surface area (Å²) in [5.41, 5.74) is 4.06. The molecule has 162 valence electrons. The van der Waals surface area contributed by atoms with Gasteiger partial charge in [-0.25, -0.2) is 9.37 Å². The first kappa shape index (κ1) is 20.1. The fourth-order valence-corrected chi connectivity index (χ4v) is 4.02. The number of halogens is 1. The number of ether oxygens (including phenoxy) is 1. The van der Waals surface area contributed by atoms with E-state index in [2.05, 4.69) is 20.5 Å². The molecule has 0 spiro atoms. The third-order valence-corrected chi connectivity index (χ3v) is 5.69. The normalized spacial score (nSPS) is 14.0. The Hall–Kier alpha value is -3.78. The number of piperazine rings is 1. The number of methoxy groups -OCH3 is 1. The summed E-state index contributed by atoms with van der Waals surface area (Å²) in [4.78, 5) is 19.2. The largest absolute Gasteiger partial charge is 0.496 e. The Morgan fingerprint density at radius 1 is 1.09 bits per heavy atom. The number of fused-ring (bicyclic) bond motifs is 1. The molecule has 7 nitrogen and oxygen atoms in total. The molecular formula is C24H22FN5O2. The molecular weight excluding hydrogens is 409 g/mol. The van der Waals surface area contributed by atoms with E-state index < -0.39 is 0 Å². The Kier molecular flexibility index (Phi) is 5.28. The molecule has 1 aliphatic heterocycles. The molecule has 1 fully saturated rings. The molecule has 8 heteroatoms. The minimum absolute atomic E-state index is 0.0240. The second-order valence-corrected chi connectivity index (χ2v) is 7.66. The van der Waals surface area contributed by atoms with Gasteiger partial charge in [-0.05, 0) is 42.0 Å². The number of hydrogen-bond acceptors (Lipinski definition) is 5. The maximum absolute atomic E-state index is 13.9. The fraction of sp³-hybridized carbons (Fsp3) is 0.208. The molecule has 2 aromatic carbocycles. The molecule has 3 heterocycles. The highest BCUT2D eigenvalue weighted by atomic mass is 19.1. The van der Waals surface area contributed by atoms with Crippen LogP contribution in [0.5, 0.6) is 5.75 Å². The summed E-state index contributed by atoms with van der Waals surface area (Å²) in [5.74, 6) is 0.189. The van der Waals surface area contributed by atoms with Crippen LogP contribution >= 0.6 is 0 Å². The summed E-state index contributed by atoms with van der Waals surface area (Å²) in [7, 11) is 1.54. The van der Waals surface area contributed by atoms with E-state index >= 15 is 0 Å². The van der Waals surface area contributed by atoms with Gasteiger partial charge in [0.1, 0.15) is 11.6 Å². The van der Waals surface area contributed by atoms with Crippen molar-refractivity contribution in [2.45, 2.75) is 0 Å². The minimum atomic E-state index is -0.369. The average molecular weight is 431 g/mol. The van der Waals surface area contributed by atoms with Crippen LogP contribution in [0.15, 0.2) is 54.7 Å². The first-order chi connectivity index (χ1) is 15.6. The second-order valence-electron chi connectivity index (χ2n) is 7.66. The van der Waals surface area contributed by atoms with Gasteiger partial charge in [0, 0.05) is 54.5 Å². The van der Waals surface area contributed by atoms with Crippen LogP contribution in [0.2, 0.25) is 0 Å². The smallest absolute Gasteiger partial charge is 0.253 e. The van der Waals surface area contributed by atoms with E-state index in [4.69, 9.17) is 4.74 Å². The van der Waals surface area contributed by atoms with E-state index in [1.807, 2.05) is 35.2 Å². The van der Waals surface area contributed by atoms with Gasteiger partial charge in [-0.1, -0.05) is 12.1 Å². The number of hydrogen-bond donors (Lipinski definition) is 2. The number of H-pyrrole nitrogens is 1. The lowest BCUT2D eigenvalue weighted by molar-refractivity contribution is 0.0736. The summed E-state index contributed by atoms with van der Waals surface area (Å²) in [5, 5.41) is 11.2. The molecule has 4 aromatic rings. The fourth-order valence-electron chi connectivity index (χ4n) is 4.02. The van der Waals surface area contributed by atoms with Gasteiger partial charge in [-0.2, -0.15) is 5.10 Å². The van der Waals surface area contributed by atoms with Crippen molar-refractivity contribution in [1.29, 1.82) is 0 Å². The lowest BCUT2D eigenvalue weighted by atomic mass is 10.0. The Labute approximate surface area is 184 Å². The summed E-state index contributed by atoms with van der Waals surface area (Å²) in [6.45, 7) is 3.01. The van der Waals surface area contributed by atoms with E-state index in [-0.39, 0.29) is 11.7 Å². The highest BCUT2D eigenvalue weighted by Gasteiger charge is 2.19. The predicted octanol–water partition coefficient (Wildman–Crippen LogP) is 3.49. The van der Waals surface area contributed by atoms with Crippen LogP contribution in [0.3, 0.4) is 0 Å². The van der Waals surface area contributed by atoms with Crippen molar-refractivity contribution >= 4 is 16.9 Å². The molecule has 0 radical (unpaired) electrons. The van der Waals surface area contributed by atoms with Gasteiger partial charge in [-0.15, -0.1) is 0 Å². The molecule has 1 aliphatic rings. The quantitative estimate of drug-likeness (QED) is 0.517. The van der Waals surface area contributed by atoms with E-state index in [1.165, 1.54) is 12.1 Å². The van der Waals surface area contributed by atoms with E-state index in [9.17, 15) is 9.18 Å². The van der Waals surface area contributed by atoms with Gasteiger partial charge in [0.05, 0.1) is 12.8 Å². The molecule has 2 aromatic heterocycles. The van der Waals surface area contributed by atoms with Crippen LogP contribution in [0.4, 0.5) is 4.39 Å². The molecule has 0 aliphatic carbocycles. The molecule has 0 atom stereocenters. The number of aromatic amines is 1. The molecule has 0 saturated carbocycles. The highest BCUT2D eigenvalue weighted by molar-refractivity contribution is 5.97. The van der Waals surface area contributed by atoms with Gasteiger partial charge in [-0.3, -0.25) is 9.89 Å². The average Bonchev–Trinajstić information content (AvgIpc) is 3.27. The number of carbonyl (C=O) groups is 1. The van der Waals surface area contributed by atoms with Gasteiger partial charge in [0.25, 0.3) is 5.91 Å². The van der Waals surface area contributed by atoms with Gasteiger partial charge in [0.15, 0.2) is 5.65 Å². The summed E-state index contributed by atoms with van der Waals surface area (Å²) < 4.78 is 19.4. The Morgan fingerprint density at radius 2 is 1.94 bits per heavy atom. The highest BCUT2D eigenvalue weighted by Crippen LogP contribution is 2.35. The van der Waals surface area contributed by atoms with E-state index in [0.29, 0.717) is 41.3 Å². The van der Waals surface area contributed by atoms with Crippen LogP contribution in [0, 0.1) is 5.82 Å². The van der Waals surface area contributed by atoms with Crippen molar-refractivity contribution in [2.75, 3.05) is 33.3 Å². The van der Waals surface area contributed by atoms with Gasteiger partial charge < -0.3 is 15.0 Å². The number of nitrogens with one attached hydrogen (secondary N) is 2. The van der Waals surface area contributed by atoms with Crippen molar-refractivity contribution < 1.29 is 13.9 Å². The van der Waals surface area contributed by atoms with Crippen molar-refractivity contribution in [1.82, 2.24) is 25.4 Å². The number of rotatable bonds is 4. The standard InChI is InChI=1S/C24H22FN5O2/c1-32-21-6-5-18(25)13-19(21)22-20-12-17(14-27-23(20)29-28-22)15-3-2-4-16(11-15)24(31)30-9-7-26-8-10-30/h2-6,11-14,26H,7-10H2,1H3,(H,27,28,29). The van der Waals surface area contributed by atoms with Crippen molar-refractivity contribution in [3.8, 4) is 28.1 Å². The van der Waals surface area contributed by atoms with Crippen molar-refractivity contribution in [2.24, 2.45) is 0 Å². The SMILES string of the molecule is COc1ccc(F)cc1-c1[nH]nc2ncc(-c3cccc(C(=O)N4CCNCC4)c3)cc12. The second kappa shape index (κ2) is 8.39. The monoisotopic (exact) mass is 431 g/mol. The Balaban J connectivity index is 1.54. The van der Waals surface area contributed by atoms with Crippen LogP contribution < -0.4 is 10.1 Å². The predicted molar refractivity (Wildman–Crippen MR) is 120 cm³/mol. The zero-order valence-corrected chi connectivity index (χ0v) is 17.6. The lowest BCUT2D eigenvalue weighted by Gasteiger charge is -2.27. The van der Waals surface area contributed by atoms with Crippen LogP contribution in [-0.2, 0) is 0 Å². The van der Waals surface area contributed by atoms with E-state index in [1.54, 1.807) is 19.4 Å². The zero-order valence-electron chi connectivity index (χ0n) is 17.6. The molecule has 5 rings (SSSR count). The molecule has 1 saturated heterocycles. The Morgan fingerprint density at radius 3 is 2.75 bits per heavy atom. The molecule has 2 N–H and O–H groups in total. The maximum atomic E-state index is 13.9. The number of aromatic nitrogens is 3. The van der Waals surface area contributed by atoms with Crippen LogP contribution in [0.1, 0.15) is 10.4 Å². The topological polar surface area (TPSA) is 83.1 Å². The number of carbonyl (C=O) groups excluding carboxylic acids is 1. The maximum Gasteiger partial charge on any atom is 0.253 e. The Bertz CT molecular complexity index is 1300. The molecule has 1 amide bonds. The van der Waals surface area contributed by atoms with Crippen LogP contribution in [-0.4, -0.2) is 59.3 Å². The summed E-state index contributed by atoms with van der Waals surface area (Å²) in [6.07, 6.45) is 1.73. The number of pyridine rings is 1. The third kappa shape index (κ3) is 3.69. The first-order valence-electron chi connectivity index (χ1n) is 10.4. The van der Waals surface area contributed by atoms with Gasteiger partial charge >= 0.3 is 0 Å². The zero-order chi connectivity index (χ0) is 22.1. The molecule has 32 heavy (non-hydrogen) atoms. The lowest BCUT2D eigenvalue weighted by Crippen LogP contribution is -2.46. The minimum Gasteiger partial charge on any atom is -0.496 e. The number of benzene rings is 2. The van der Waals surface area contributed by atoms with Crippen LogP contribution in [0.25, 0.3) is 33.4 Å². The van der Waals surface area contributed by atoms with Gasteiger partial charge in [0.2, 0.25) is 0 Å². The number of nitrogens with zero attached hydrogens (tertiary/aromatic N) is 3. The summed E-state index contributed by atoms with van der Waals surface area (Å²) in [6, 6.07) is 13.8. The number of amides is 1. The first-order valence-corrected chi connectivity index (χ1v) is 10.4. The van der Waals surface area contributed by atoms with Crippen molar-refractivity contribution in [3.63, 3.8) is 0 Å².